The Morgan fingerprint density at radius 1 is 1.35 bits per heavy atom. The third kappa shape index (κ3) is 1.83. The van der Waals surface area contributed by atoms with E-state index < -0.39 is 0 Å². The molecule has 2 aromatic heterocycles. The molecular formula is C14H16BrN5. The Labute approximate surface area is 125 Å². The second-order valence-corrected chi connectivity index (χ2v) is 5.73. The second-order valence-electron chi connectivity index (χ2n) is 4.81. The zero-order valence-electron chi connectivity index (χ0n) is 11.7. The minimum Gasteiger partial charge on any atom is -0.369 e. The van der Waals surface area contributed by atoms with Crippen LogP contribution >= 0.6 is 15.9 Å². The summed E-state index contributed by atoms with van der Waals surface area (Å²) in [6.07, 6.45) is 0.921. The van der Waals surface area contributed by atoms with Crippen molar-refractivity contribution < 1.29 is 0 Å². The summed E-state index contributed by atoms with van der Waals surface area (Å²) in [5.74, 6) is 0.494. The highest BCUT2D eigenvalue weighted by atomic mass is 79.9. The maximum atomic E-state index is 6.13. The molecule has 0 aliphatic carbocycles. The van der Waals surface area contributed by atoms with Gasteiger partial charge >= 0.3 is 0 Å². The summed E-state index contributed by atoms with van der Waals surface area (Å²) in [6, 6.07) is 6.19. The monoisotopic (exact) mass is 333 g/mol. The van der Waals surface area contributed by atoms with E-state index in [-0.39, 0.29) is 0 Å². The van der Waals surface area contributed by atoms with Crippen LogP contribution in [0.4, 0.5) is 5.95 Å². The van der Waals surface area contributed by atoms with Gasteiger partial charge in [-0.05, 0) is 37.1 Å². The van der Waals surface area contributed by atoms with Crippen molar-refractivity contribution >= 4 is 33.0 Å². The lowest BCUT2D eigenvalue weighted by atomic mass is 10.1. The van der Waals surface area contributed by atoms with Gasteiger partial charge in [-0.25, -0.2) is 9.67 Å². The number of nitrogens with two attached hydrogens (primary N) is 1. The number of hydrogen-bond acceptors (Lipinski definition) is 3. The molecule has 0 aliphatic heterocycles. The van der Waals surface area contributed by atoms with Gasteiger partial charge in [0.05, 0.1) is 11.4 Å². The van der Waals surface area contributed by atoms with E-state index in [1.807, 2.05) is 29.3 Å². The Balaban J connectivity index is 2.37. The van der Waals surface area contributed by atoms with Crippen LogP contribution < -0.4 is 5.73 Å². The highest BCUT2D eigenvalue weighted by Crippen LogP contribution is 2.28. The van der Waals surface area contributed by atoms with Gasteiger partial charge in [-0.2, -0.15) is 5.10 Å². The molecule has 0 saturated carbocycles. The molecule has 6 heteroatoms. The van der Waals surface area contributed by atoms with Crippen LogP contribution in [0.5, 0.6) is 0 Å². The Bertz CT molecular complexity index is 800. The summed E-state index contributed by atoms with van der Waals surface area (Å²) in [7, 11) is 1.91. The van der Waals surface area contributed by atoms with Crippen LogP contribution in [0.15, 0.2) is 22.7 Å². The fourth-order valence-electron chi connectivity index (χ4n) is 2.58. The van der Waals surface area contributed by atoms with E-state index in [0.29, 0.717) is 5.95 Å². The van der Waals surface area contributed by atoms with Crippen molar-refractivity contribution in [3.05, 3.63) is 33.9 Å². The number of rotatable bonds is 2. The Morgan fingerprint density at radius 3 is 2.80 bits per heavy atom. The largest absolute Gasteiger partial charge is 0.369 e. The second kappa shape index (κ2) is 4.63. The van der Waals surface area contributed by atoms with E-state index >= 15 is 0 Å². The number of nitrogens with zero attached hydrogens (tertiary/aromatic N) is 4. The van der Waals surface area contributed by atoms with Crippen molar-refractivity contribution in [3.8, 4) is 5.69 Å². The lowest BCUT2D eigenvalue weighted by Crippen LogP contribution is -2.07. The van der Waals surface area contributed by atoms with Crippen molar-refractivity contribution in [3.63, 3.8) is 0 Å². The number of nitrogen functional groups attached to an aromatic ring is 1. The van der Waals surface area contributed by atoms with E-state index in [2.05, 4.69) is 45.1 Å². The van der Waals surface area contributed by atoms with Crippen LogP contribution in [0, 0.1) is 6.92 Å². The molecule has 0 amide bonds. The Kier molecular flexibility index (Phi) is 3.05. The molecule has 1 aromatic carbocycles. The van der Waals surface area contributed by atoms with Crippen molar-refractivity contribution in [2.45, 2.75) is 20.3 Å². The Hall–Kier alpha value is -1.82. The van der Waals surface area contributed by atoms with Crippen LogP contribution in [-0.2, 0) is 13.5 Å². The summed E-state index contributed by atoms with van der Waals surface area (Å²) in [5, 5.41) is 4.42. The molecule has 5 nitrogen and oxygen atoms in total. The fraction of sp³-hybridized carbons (Fsp3) is 0.286. The predicted octanol–water partition coefficient (Wildman–Crippen LogP) is 2.97. The summed E-state index contributed by atoms with van der Waals surface area (Å²) in [5.41, 5.74) is 11.1. The van der Waals surface area contributed by atoms with Gasteiger partial charge in [-0.15, -0.1) is 0 Å². The van der Waals surface area contributed by atoms with Gasteiger partial charge in [0.15, 0.2) is 5.65 Å². The fourth-order valence-corrected chi connectivity index (χ4v) is 2.99. The molecular weight excluding hydrogens is 318 g/mol. The van der Waals surface area contributed by atoms with Gasteiger partial charge < -0.3 is 5.73 Å². The standard InChI is InChI=1S/C14H16BrN5/c1-4-9-7-10(15)5-6-11(9)20-13-12(17-14(20)16)8(2)18-19(13)3/h5-7H,4H2,1-3H3,(H2,16,17). The van der Waals surface area contributed by atoms with E-state index in [0.717, 1.165) is 33.4 Å². The van der Waals surface area contributed by atoms with Crippen LogP contribution in [0.1, 0.15) is 18.2 Å². The van der Waals surface area contributed by atoms with Crippen molar-refractivity contribution in [1.82, 2.24) is 19.3 Å². The molecule has 2 N–H and O–H groups in total. The Morgan fingerprint density at radius 2 is 2.10 bits per heavy atom. The van der Waals surface area contributed by atoms with Crippen molar-refractivity contribution in [2.75, 3.05) is 5.73 Å². The first-order valence-corrected chi connectivity index (χ1v) is 7.28. The number of benzene rings is 1. The molecule has 104 valence electrons. The van der Waals surface area contributed by atoms with E-state index in [1.54, 1.807) is 0 Å². The minimum atomic E-state index is 0.494. The van der Waals surface area contributed by atoms with Crippen LogP contribution in [0.2, 0.25) is 0 Å². The topological polar surface area (TPSA) is 61.7 Å². The average molecular weight is 334 g/mol. The zero-order valence-corrected chi connectivity index (χ0v) is 13.3. The molecule has 0 atom stereocenters. The molecule has 0 fully saturated rings. The number of aryl methyl sites for hydroxylation is 3. The number of aromatic nitrogens is 4. The van der Waals surface area contributed by atoms with Gasteiger partial charge in [0.1, 0.15) is 5.52 Å². The van der Waals surface area contributed by atoms with Gasteiger partial charge in [-0.3, -0.25) is 4.57 Å². The number of imidazole rings is 1. The normalized spacial score (nSPS) is 11.4. The van der Waals surface area contributed by atoms with E-state index in [1.165, 1.54) is 5.56 Å². The molecule has 3 aromatic rings. The average Bonchev–Trinajstić information content (AvgIpc) is 2.88. The third-order valence-corrected chi connectivity index (χ3v) is 3.98. The SMILES string of the molecule is CCc1cc(Br)ccc1-n1c(N)nc2c(C)nn(C)c21. The minimum absolute atomic E-state index is 0.494. The molecule has 0 aliphatic rings. The number of halogens is 1. The smallest absolute Gasteiger partial charge is 0.207 e. The third-order valence-electron chi connectivity index (χ3n) is 3.49. The van der Waals surface area contributed by atoms with Gasteiger partial charge in [0.25, 0.3) is 0 Å². The molecule has 0 bridgehead atoms. The highest BCUT2D eigenvalue weighted by Gasteiger charge is 2.18. The lowest BCUT2D eigenvalue weighted by Gasteiger charge is -2.12. The summed E-state index contributed by atoms with van der Waals surface area (Å²) in [4.78, 5) is 4.45. The highest BCUT2D eigenvalue weighted by molar-refractivity contribution is 9.10. The first kappa shape index (κ1) is 13.2. The number of hydrogen-bond donors (Lipinski definition) is 1. The molecule has 0 radical (unpaired) electrons. The number of fused-ring (bicyclic) bond motifs is 1. The molecule has 20 heavy (non-hydrogen) atoms. The summed E-state index contributed by atoms with van der Waals surface area (Å²) in [6.45, 7) is 4.07. The maximum absolute atomic E-state index is 6.13. The zero-order chi connectivity index (χ0) is 14.4. The first-order valence-electron chi connectivity index (χ1n) is 6.49. The molecule has 0 saturated heterocycles. The summed E-state index contributed by atoms with van der Waals surface area (Å²) >= 11 is 3.51. The number of anilines is 1. The molecule has 0 spiro atoms. The maximum Gasteiger partial charge on any atom is 0.207 e. The van der Waals surface area contributed by atoms with Crippen LogP contribution in [0.3, 0.4) is 0 Å². The van der Waals surface area contributed by atoms with Gasteiger partial charge in [0, 0.05) is 11.5 Å². The quantitative estimate of drug-likeness (QED) is 0.784. The first-order chi connectivity index (χ1) is 9.52. The van der Waals surface area contributed by atoms with Crippen molar-refractivity contribution in [1.29, 1.82) is 0 Å². The van der Waals surface area contributed by atoms with E-state index in [4.69, 9.17) is 5.73 Å². The lowest BCUT2D eigenvalue weighted by molar-refractivity contribution is 0.761. The van der Waals surface area contributed by atoms with Gasteiger partial charge in [0.2, 0.25) is 5.95 Å². The molecule has 0 unspecified atom stereocenters. The molecule has 3 rings (SSSR count). The van der Waals surface area contributed by atoms with Crippen LogP contribution in [0.25, 0.3) is 16.9 Å². The molecule has 2 heterocycles. The summed E-state index contributed by atoms with van der Waals surface area (Å²) < 4.78 is 4.87. The predicted molar refractivity (Wildman–Crippen MR) is 84.1 cm³/mol. The van der Waals surface area contributed by atoms with Crippen LogP contribution in [-0.4, -0.2) is 19.3 Å². The van der Waals surface area contributed by atoms with E-state index in [9.17, 15) is 0 Å². The van der Waals surface area contributed by atoms with Gasteiger partial charge in [-0.1, -0.05) is 22.9 Å². The van der Waals surface area contributed by atoms with Crippen molar-refractivity contribution in [2.24, 2.45) is 7.05 Å².